The van der Waals surface area contributed by atoms with Gasteiger partial charge in [-0.3, -0.25) is 4.79 Å². The number of nitrogens with one attached hydrogen (secondary N) is 1. The quantitative estimate of drug-likeness (QED) is 0.620. The molecule has 0 spiro atoms. The molecular formula is C19H22IN3O4S. The second-order valence-electron chi connectivity index (χ2n) is 6.53. The second-order valence-corrected chi connectivity index (χ2v) is 9.69. The predicted octanol–water partition coefficient (Wildman–Crippen LogP) is 2.49. The van der Waals surface area contributed by atoms with Crippen molar-refractivity contribution in [3.8, 4) is 5.75 Å². The highest BCUT2D eigenvalue weighted by Gasteiger charge is 2.30. The van der Waals surface area contributed by atoms with E-state index < -0.39 is 10.0 Å². The van der Waals surface area contributed by atoms with Gasteiger partial charge in [-0.25, -0.2) is 8.42 Å². The third-order valence-corrected chi connectivity index (χ3v) is 7.25. The topological polar surface area (TPSA) is 78.9 Å². The van der Waals surface area contributed by atoms with Crippen LogP contribution in [0.2, 0.25) is 0 Å². The smallest absolute Gasteiger partial charge is 0.255 e. The van der Waals surface area contributed by atoms with Gasteiger partial charge in [-0.15, -0.1) is 0 Å². The van der Waals surface area contributed by atoms with Gasteiger partial charge in [0.25, 0.3) is 5.91 Å². The molecule has 0 unspecified atom stereocenters. The molecular weight excluding hydrogens is 493 g/mol. The van der Waals surface area contributed by atoms with E-state index in [0.29, 0.717) is 31.9 Å². The molecule has 1 amide bonds. The number of sulfonamides is 1. The Bertz CT molecular complexity index is 956. The highest BCUT2D eigenvalue weighted by molar-refractivity contribution is 14.1. The molecule has 1 fully saturated rings. The van der Waals surface area contributed by atoms with Crippen LogP contribution in [0.5, 0.6) is 5.75 Å². The molecule has 7 nitrogen and oxygen atoms in total. The van der Waals surface area contributed by atoms with E-state index >= 15 is 0 Å². The number of methoxy groups -OCH3 is 1. The normalized spacial score (nSPS) is 16.0. The molecule has 0 bridgehead atoms. The molecule has 1 aliphatic heterocycles. The zero-order chi connectivity index (χ0) is 20.3. The lowest BCUT2D eigenvalue weighted by Crippen LogP contribution is -2.47. The summed E-state index contributed by atoms with van der Waals surface area (Å²) in [5.74, 6) is -0.150. The Morgan fingerprint density at radius 3 is 2.32 bits per heavy atom. The third kappa shape index (κ3) is 4.65. The van der Waals surface area contributed by atoms with Crippen molar-refractivity contribution in [2.24, 2.45) is 0 Å². The van der Waals surface area contributed by atoms with Crippen LogP contribution in [0.25, 0.3) is 0 Å². The summed E-state index contributed by atoms with van der Waals surface area (Å²) in [4.78, 5) is 14.7. The molecule has 2 aromatic rings. The van der Waals surface area contributed by atoms with Crippen molar-refractivity contribution in [2.45, 2.75) is 4.90 Å². The average molecular weight is 515 g/mol. The largest absolute Gasteiger partial charge is 0.495 e. The van der Waals surface area contributed by atoms with Crippen molar-refractivity contribution >= 4 is 44.2 Å². The van der Waals surface area contributed by atoms with Gasteiger partial charge < -0.3 is 15.0 Å². The number of hydrogen-bond acceptors (Lipinski definition) is 5. The third-order valence-electron chi connectivity index (χ3n) is 4.61. The Labute approximate surface area is 178 Å². The summed E-state index contributed by atoms with van der Waals surface area (Å²) in [6.07, 6.45) is 0. The Balaban J connectivity index is 1.89. The highest BCUT2D eigenvalue weighted by Crippen LogP contribution is 2.29. The summed E-state index contributed by atoms with van der Waals surface area (Å²) in [7, 11) is -0.383. The number of anilines is 1. The van der Waals surface area contributed by atoms with Crippen LogP contribution in [0.3, 0.4) is 0 Å². The first-order valence-corrected chi connectivity index (χ1v) is 11.3. The van der Waals surface area contributed by atoms with Gasteiger partial charge in [0.1, 0.15) is 10.6 Å². The van der Waals surface area contributed by atoms with Crippen molar-refractivity contribution in [1.82, 2.24) is 9.21 Å². The molecule has 1 heterocycles. The van der Waals surface area contributed by atoms with Crippen LogP contribution in [-0.2, 0) is 10.0 Å². The minimum absolute atomic E-state index is 0.00909. The molecule has 0 saturated carbocycles. The molecule has 9 heteroatoms. The summed E-state index contributed by atoms with van der Waals surface area (Å²) >= 11 is 2.18. The van der Waals surface area contributed by atoms with Crippen LogP contribution in [0.15, 0.2) is 47.4 Å². The summed E-state index contributed by atoms with van der Waals surface area (Å²) in [5.41, 5.74) is 0.900. The lowest BCUT2D eigenvalue weighted by Gasteiger charge is -2.31. The number of nitrogens with zero attached hydrogens (tertiary/aromatic N) is 2. The van der Waals surface area contributed by atoms with Crippen LogP contribution >= 0.6 is 22.6 Å². The molecule has 28 heavy (non-hydrogen) atoms. The molecule has 2 aromatic carbocycles. The fourth-order valence-corrected chi connectivity index (χ4v) is 4.89. The maximum atomic E-state index is 13.1. The Kier molecular flexibility index (Phi) is 6.58. The number of ether oxygens (including phenoxy) is 1. The maximum absolute atomic E-state index is 13.1. The lowest BCUT2D eigenvalue weighted by atomic mass is 10.2. The monoisotopic (exact) mass is 515 g/mol. The first-order valence-electron chi connectivity index (χ1n) is 8.75. The SMILES string of the molecule is COc1ccc(C(=O)Nc2ccc(I)cc2)cc1S(=O)(=O)N1CCN(C)CC1. The number of halogens is 1. The molecule has 1 aliphatic rings. The number of rotatable bonds is 5. The van der Waals surface area contributed by atoms with Crippen LogP contribution in [-0.4, -0.2) is 63.9 Å². The predicted molar refractivity (Wildman–Crippen MR) is 116 cm³/mol. The summed E-state index contributed by atoms with van der Waals surface area (Å²) < 4.78 is 34.0. The van der Waals surface area contributed by atoms with Crippen molar-refractivity contribution in [2.75, 3.05) is 45.7 Å². The molecule has 0 radical (unpaired) electrons. The van der Waals surface area contributed by atoms with E-state index in [9.17, 15) is 13.2 Å². The standard InChI is InChI=1S/C19H22IN3O4S/c1-22-9-11-23(12-10-22)28(25,26)18-13-14(3-8-17(18)27-2)19(24)21-16-6-4-15(20)5-7-16/h3-8,13H,9-12H2,1-2H3,(H,21,24). The van der Waals surface area contributed by atoms with Crippen LogP contribution in [0, 0.1) is 3.57 Å². The average Bonchev–Trinajstić information content (AvgIpc) is 2.69. The highest BCUT2D eigenvalue weighted by atomic mass is 127. The summed E-state index contributed by atoms with van der Waals surface area (Å²) in [5, 5.41) is 2.79. The van der Waals surface area contributed by atoms with Gasteiger partial charge in [-0.05, 0) is 72.1 Å². The van der Waals surface area contributed by atoms with Gasteiger partial charge in [0.05, 0.1) is 7.11 Å². The number of benzene rings is 2. The van der Waals surface area contributed by atoms with Gasteiger partial charge >= 0.3 is 0 Å². The zero-order valence-electron chi connectivity index (χ0n) is 15.7. The number of amides is 1. The van der Waals surface area contributed by atoms with E-state index in [1.807, 2.05) is 19.2 Å². The van der Waals surface area contributed by atoms with E-state index in [0.717, 1.165) is 3.57 Å². The van der Waals surface area contributed by atoms with Crippen molar-refractivity contribution in [1.29, 1.82) is 0 Å². The first kappa shape index (κ1) is 21.0. The van der Waals surface area contributed by atoms with Gasteiger partial charge in [0.2, 0.25) is 10.0 Å². The number of carbonyl (C=O) groups excluding carboxylic acids is 1. The van der Waals surface area contributed by atoms with Crippen LogP contribution in [0.1, 0.15) is 10.4 Å². The lowest BCUT2D eigenvalue weighted by molar-refractivity contribution is 0.102. The first-order chi connectivity index (χ1) is 13.3. The van der Waals surface area contributed by atoms with Crippen molar-refractivity contribution in [3.05, 3.63) is 51.6 Å². The minimum atomic E-state index is -3.76. The molecule has 0 atom stereocenters. The van der Waals surface area contributed by atoms with Crippen molar-refractivity contribution in [3.63, 3.8) is 0 Å². The number of likely N-dealkylation sites (N-methyl/N-ethyl adjacent to an activating group) is 1. The fourth-order valence-electron chi connectivity index (χ4n) is 2.92. The maximum Gasteiger partial charge on any atom is 0.255 e. The van der Waals surface area contributed by atoms with E-state index in [2.05, 4.69) is 32.8 Å². The Morgan fingerprint density at radius 2 is 1.71 bits per heavy atom. The fraction of sp³-hybridized carbons (Fsp3) is 0.316. The van der Waals surface area contributed by atoms with E-state index in [-0.39, 0.29) is 22.1 Å². The van der Waals surface area contributed by atoms with Crippen molar-refractivity contribution < 1.29 is 17.9 Å². The number of hydrogen-bond donors (Lipinski definition) is 1. The van der Waals surface area contributed by atoms with Gasteiger partial charge in [0.15, 0.2) is 0 Å². The van der Waals surface area contributed by atoms with Crippen LogP contribution < -0.4 is 10.1 Å². The van der Waals surface area contributed by atoms with E-state index in [1.165, 1.54) is 23.5 Å². The molecule has 150 valence electrons. The van der Waals surface area contributed by atoms with E-state index in [1.54, 1.807) is 18.2 Å². The minimum Gasteiger partial charge on any atom is -0.495 e. The molecule has 3 rings (SSSR count). The van der Waals surface area contributed by atoms with E-state index in [4.69, 9.17) is 4.74 Å². The second kappa shape index (κ2) is 8.76. The molecule has 1 saturated heterocycles. The summed E-state index contributed by atoms with van der Waals surface area (Å²) in [6, 6.07) is 11.8. The van der Waals surface area contributed by atoms with Gasteiger partial charge in [0, 0.05) is 41.0 Å². The Hall–Kier alpha value is -1.69. The number of piperazine rings is 1. The Morgan fingerprint density at radius 1 is 1.07 bits per heavy atom. The zero-order valence-corrected chi connectivity index (χ0v) is 18.7. The number of carbonyl (C=O) groups is 1. The molecule has 0 aliphatic carbocycles. The summed E-state index contributed by atoms with van der Waals surface area (Å²) in [6.45, 7) is 2.13. The van der Waals surface area contributed by atoms with Crippen LogP contribution in [0.4, 0.5) is 5.69 Å². The molecule has 0 aromatic heterocycles. The van der Waals surface area contributed by atoms with Gasteiger partial charge in [-0.2, -0.15) is 4.31 Å². The molecule has 1 N–H and O–H groups in total. The van der Waals surface area contributed by atoms with Gasteiger partial charge in [-0.1, -0.05) is 0 Å².